The Bertz CT molecular complexity index is 1560. The molecule has 244 valence electrons. The molecule has 2 bridgehead atoms. The van der Waals surface area contributed by atoms with Gasteiger partial charge in [-0.05, 0) is 112 Å². The summed E-state index contributed by atoms with van der Waals surface area (Å²) in [5, 5.41) is 18.9. The molecular weight excluding hydrogens is 616 g/mol. The summed E-state index contributed by atoms with van der Waals surface area (Å²) in [5.74, 6) is 1.51. The smallest absolute Gasteiger partial charge is 0.264 e. The lowest BCUT2D eigenvalue weighted by Crippen LogP contribution is -2.48. The van der Waals surface area contributed by atoms with Crippen LogP contribution in [0.15, 0.2) is 42.5 Å². The number of aryl methyl sites for hydroxylation is 1. The van der Waals surface area contributed by atoms with Crippen molar-refractivity contribution in [3.05, 3.63) is 64.2 Å². The van der Waals surface area contributed by atoms with E-state index >= 15 is 0 Å². The molecule has 45 heavy (non-hydrogen) atoms. The molecule has 5 atom stereocenters. The van der Waals surface area contributed by atoms with E-state index in [0.717, 1.165) is 61.9 Å². The van der Waals surface area contributed by atoms with Gasteiger partial charge in [0, 0.05) is 24.1 Å². The van der Waals surface area contributed by atoms with Crippen molar-refractivity contribution < 1.29 is 32.9 Å². The molecule has 1 spiro atoms. The number of fused-ring (bicyclic) bond motifs is 4. The molecule has 1 amide bonds. The van der Waals surface area contributed by atoms with Gasteiger partial charge < -0.3 is 24.6 Å². The van der Waals surface area contributed by atoms with Gasteiger partial charge >= 0.3 is 0 Å². The van der Waals surface area contributed by atoms with Crippen molar-refractivity contribution in [3.8, 4) is 11.5 Å². The maximum Gasteiger partial charge on any atom is 0.264 e. The van der Waals surface area contributed by atoms with Crippen LogP contribution in [0.2, 0.25) is 5.02 Å². The Morgan fingerprint density at radius 2 is 2.00 bits per heavy atom. The Labute approximate surface area is 270 Å². The molecule has 1 saturated carbocycles. The number of hydrogen-bond donors (Lipinski definition) is 3. The molecule has 2 aliphatic carbocycles. The standard InChI is InChI=1S/C34H43ClN2O7S/c1-22-6-3-2-4-7-23-9-10-26(23)17-37-20-34(21-44-31-12-11-25(15-30(31)37)33(40)36-45(22,41)42)13-5-8-24-14-29(35)32(16-28(24)34)43-19-27(39)18-38/h2,4,11-12,14-16,22-23,26-27,38-39H,3,5-10,13,17-21H2,1H3,(H,36,40)/b4-2+/t22-,23+,26+,27+,34+/m1/s1. The number of benzene rings is 2. The number of carbonyl (C=O) groups is 1. The molecule has 4 aliphatic rings. The van der Waals surface area contributed by atoms with Crippen molar-refractivity contribution in [2.24, 2.45) is 11.8 Å². The van der Waals surface area contributed by atoms with Gasteiger partial charge in [-0.3, -0.25) is 4.79 Å². The highest BCUT2D eigenvalue weighted by atomic mass is 35.5. The van der Waals surface area contributed by atoms with Crippen LogP contribution in [0, 0.1) is 11.8 Å². The monoisotopic (exact) mass is 658 g/mol. The van der Waals surface area contributed by atoms with Gasteiger partial charge in [-0.25, -0.2) is 13.1 Å². The van der Waals surface area contributed by atoms with E-state index in [2.05, 4.69) is 21.8 Å². The van der Waals surface area contributed by atoms with Crippen molar-refractivity contribution in [1.29, 1.82) is 0 Å². The number of ether oxygens (including phenoxy) is 2. The van der Waals surface area contributed by atoms with Crippen molar-refractivity contribution >= 4 is 33.2 Å². The fourth-order valence-corrected chi connectivity index (χ4v) is 8.51. The number of nitrogens with zero attached hydrogens (tertiary/aromatic N) is 1. The zero-order valence-corrected chi connectivity index (χ0v) is 27.3. The first-order chi connectivity index (χ1) is 21.6. The van der Waals surface area contributed by atoms with Crippen LogP contribution in [0.4, 0.5) is 5.69 Å². The first kappa shape index (κ1) is 32.2. The maximum atomic E-state index is 13.3. The van der Waals surface area contributed by atoms with Gasteiger partial charge in [0.1, 0.15) is 24.2 Å². The minimum absolute atomic E-state index is 0.0765. The van der Waals surface area contributed by atoms with E-state index in [0.29, 0.717) is 54.4 Å². The highest BCUT2D eigenvalue weighted by molar-refractivity contribution is 7.90. The summed E-state index contributed by atoms with van der Waals surface area (Å²) < 4.78 is 40.7. The van der Waals surface area contributed by atoms with Gasteiger partial charge in [-0.1, -0.05) is 23.8 Å². The molecule has 6 rings (SSSR count). The lowest BCUT2D eigenvalue weighted by Gasteiger charge is -2.44. The normalized spacial score (nSPS) is 29.2. The number of nitrogens with one attached hydrogen (secondary N) is 1. The fourth-order valence-electron chi connectivity index (χ4n) is 7.25. The number of amides is 1. The van der Waals surface area contributed by atoms with Crippen molar-refractivity contribution in [2.75, 3.05) is 37.8 Å². The van der Waals surface area contributed by atoms with E-state index in [-0.39, 0.29) is 12.2 Å². The Kier molecular flexibility index (Phi) is 9.39. The van der Waals surface area contributed by atoms with Crippen LogP contribution >= 0.6 is 11.6 Å². The van der Waals surface area contributed by atoms with Crippen molar-refractivity contribution in [3.63, 3.8) is 0 Å². The molecule has 11 heteroatoms. The third kappa shape index (κ3) is 6.70. The summed E-state index contributed by atoms with van der Waals surface area (Å²) in [6.45, 7) is 3.02. The molecule has 9 nitrogen and oxygen atoms in total. The highest BCUT2D eigenvalue weighted by Gasteiger charge is 2.44. The fraction of sp³-hybridized carbons (Fsp3) is 0.559. The zero-order chi connectivity index (χ0) is 31.8. The molecule has 2 aromatic rings. The summed E-state index contributed by atoms with van der Waals surface area (Å²) in [7, 11) is -3.84. The third-order valence-electron chi connectivity index (χ3n) is 10.2. The lowest BCUT2D eigenvalue weighted by molar-refractivity contribution is 0.0535. The van der Waals surface area contributed by atoms with Crippen molar-refractivity contribution in [2.45, 2.75) is 75.1 Å². The number of sulfonamides is 1. The van der Waals surface area contributed by atoms with E-state index in [9.17, 15) is 23.4 Å². The molecule has 0 saturated heterocycles. The predicted molar refractivity (Wildman–Crippen MR) is 174 cm³/mol. The first-order valence-electron chi connectivity index (χ1n) is 16.1. The second-order valence-corrected chi connectivity index (χ2v) is 15.7. The highest BCUT2D eigenvalue weighted by Crippen LogP contribution is 2.48. The third-order valence-corrected chi connectivity index (χ3v) is 12.2. The van der Waals surface area contributed by atoms with Crippen LogP contribution in [-0.2, 0) is 21.9 Å². The molecule has 3 N–H and O–H groups in total. The van der Waals surface area contributed by atoms with Gasteiger partial charge in [0.15, 0.2) is 0 Å². The molecule has 0 aromatic heterocycles. The number of hydrogen-bond acceptors (Lipinski definition) is 8. The first-order valence-corrected chi connectivity index (χ1v) is 18.0. The van der Waals surface area contributed by atoms with Crippen LogP contribution in [0.3, 0.4) is 0 Å². The molecule has 0 radical (unpaired) electrons. The average molecular weight is 659 g/mol. The molecule has 2 aromatic carbocycles. The summed E-state index contributed by atoms with van der Waals surface area (Å²) in [5.41, 5.74) is 2.91. The maximum absolute atomic E-state index is 13.3. The van der Waals surface area contributed by atoms with E-state index in [4.69, 9.17) is 21.1 Å². The van der Waals surface area contributed by atoms with Gasteiger partial charge in [-0.15, -0.1) is 0 Å². The predicted octanol–water partition coefficient (Wildman–Crippen LogP) is 4.76. The van der Waals surface area contributed by atoms with Gasteiger partial charge in [-0.2, -0.15) is 0 Å². The number of rotatable bonds is 4. The van der Waals surface area contributed by atoms with E-state index in [1.54, 1.807) is 25.1 Å². The van der Waals surface area contributed by atoms with Gasteiger partial charge in [0.2, 0.25) is 10.0 Å². The van der Waals surface area contributed by atoms with E-state index < -0.39 is 39.3 Å². The lowest BCUT2D eigenvalue weighted by atomic mass is 9.69. The largest absolute Gasteiger partial charge is 0.490 e. The Morgan fingerprint density at radius 1 is 1.18 bits per heavy atom. The molecule has 0 unspecified atom stereocenters. The van der Waals surface area contributed by atoms with Crippen molar-refractivity contribution in [1.82, 2.24) is 4.72 Å². The quantitative estimate of drug-likeness (QED) is 0.402. The number of anilines is 1. The molecular formula is C34H43ClN2O7S. The SMILES string of the molecule is C[C@@H]1CC/C=C/C[C@H]2CC[C@H]2CN2C[C@@]3(CCCc4cc(Cl)c(OC[C@@H](O)CO)cc43)COc3ccc(cc32)C(=O)NS1(=O)=O. The minimum atomic E-state index is -3.84. The van der Waals surface area contributed by atoms with Crippen LogP contribution in [0.1, 0.15) is 73.4 Å². The van der Waals surface area contributed by atoms with Crippen LogP contribution in [0.25, 0.3) is 0 Å². The summed E-state index contributed by atoms with van der Waals surface area (Å²) in [6.07, 6.45) is 10.3. The molecule has 2 aliphatic heterocycles. The Balaban J connectivity index is 1.39. The second kappa shape index (κ2) is 13.1. The molecule has 2 heterocycles. The number of halogens is 1. The number of aliphatic hydroxyl groups is 2. The number of allylic oxidation sites excluding steroid dienone is 2. The van der Waals surface area contributed by atoms with Crippen LogP contribution < -0.4 is 19.1 Å². The van der Waals surface area contributed by atoms with Crippen LogP contribution in [-0.4, -0.2) is 68.8 Å². The number of carbonyl (C=O) groups excluding carboxylic acids is 1. The Morgan fingerprint density at radius 3 is 2.78 bits per heavy atom. The topological polar surface area (TPSA) is 125 Å². The minimum Gasteiger partial charge on any atom is -0.490 e. The summed E-state index contributed by atoms with van der Waals surface area (Å²) in [6, 6.07) is 9.12. The van der Waals surface area contributed by atoms with Crippen LogP contribution in [0.5, 0.6) is 11.5 Å². The van der Waals surface area contributed by atoms with Gasteiger partial charge in [0.25, 0.3) is 5.91 Å². The zero-order valence-electron chi connectivity index (χ0n) is 25.7. The Hall–Kier alpha value is -2.79. The average Bonchev–Trinajstić information content (AvgIpc) is 3.16. The second-order valence-electron chi connectivity index (χ2n) is 13.2. The summed E-state index contributed by atoms with van der Waals surface area (Å²) in [4.78, 5) is 15.7. The van der Waals surface area contributed by atoms with E-state index in [1.807, 2.05) is 12.1 Å². The molecule has 1 fully saturated rings. The summed E-state index contributed by atoms with van der Waals surface area (Å²) >= 11 is 6.62. The van der Waals surface area contributed by atoms with Gasteiger partial charge in [0.05, 0.1) is 29.2 Å². The number of aliphatic hydroxyl groups excluding tert-OH is 2. The van der Waals surface area contributed by atoms with E-state index in [1.165, 1.54) is 0 Å².